The van der Waals surface area contributed by atoms with Crippen molar-refractivity contribution in [2.45, 2.75) is 45.3 Å². The molecule has 2 aromatic carbocycles. The fourth-order valence-corrected chi connectivity index (χ4v) is 7.47. The number of hydrogen-bond donors (Lipinski definition) is 1. The molecule has 0 spiro atoms. The summed E-state index contributed by atoms with van der Waals surface area (Å²) in [6.45, 7) is 7.85. The van der Waals surface area contributed by atoms with E-state index < -0.39 is 23.7 Å². The maximum atomic E-state index is 15.7. The maximum Gasteiger partial charge on any atom is 0.255 e. The molecule has 2 aromatic heterocycles. The van der Waals surface area contributed by atoms with Gasteiger partial charge in [-0.1, -0.05) is 24.6 Å². The van der Waals surface area contributed by atoms with Gasteiger partial charge in [-0.2, -0.15) is 0 Å². The van der Waals surface area contributed by atoms with E-state index in [1.54, 1.807) is 24.0 Å². The van der Waals surface area contributed by atoms with Crippen LogP contribution < -0.4 is 10.2 Å². The third kappa shape index (κ3) is 5.27. The summed E-state index contributed by atoms with van der Waals surface area (Å²) >= 11 is 8.06. The zero-order valence-electron chi connectivity index (χ0n) is 24.4. The molecule has 44 heavy (non-hydrogen) atoms. The molecule has 0 bridgehead atoms. The Kier molecular flexibility index (Phi) is 7.86. The van der Waals surface area contributed by atoms with E-state index in [1.807, 2.05) is 22.8 Å². The quantitative estimate of drug-likeness (QED) is 0.271. The molecule has 0 aliphatic carbocycles. The summed E-state index contributed by atoms with van der Waals surface area (Å²) in [5, 5.41) is 5.62. The number of fused-ring (bicyclic) bond motifs is 2. The number of amides is 2. The van der Waals surface area contributed by atoms with Gasteiger partial charge in [-0.25, -0.2) is 14.4 Å². The van der Waals surface area contributed by atoms with E-state index in [0.29, 0.717) is 21.4 Å². The molecule has 1 fully saturated rings. The summed E-state index contributed by atoms with van der Waals surface area (Å²) in [5.74, 6) is -1.32. The number of thiazole rings is 1. The van der Waals surface area contributed by atoms with Gasteiger partial charge in [0, 0.05) is 61.1 Å². The van der Waals surface area contributed by atoms with Crippen LogP contribution in [0.1, 0.15) is 53.1 Å². The van der Waals surface area contributed by atoms with Gasteiger partial charge < -0.3 is 14.4 Å². The minimum absolute atomic E-state index is 0.0355. The molecule has 1 N–H and O–H groups in total. The van der Waals surface area contributed by atoms with Gasteiger partial charge in [-0.3, -0.25) is 19.8 Å². The number of aryl methyl sites for hydroxylation is 1. The van der Waals surface area contributed by atoms with Crippen molar-refractivity contribution in [3.8, 4) is 11.1 Å². The SMILES string of the molecule is CCCN1CCN(c2ccc(-c3cc(F)c4c(c3)C(=O)N(C(C(=O)Nc3nccs3)c3ncn5c3CCC5)C4)cc2Cl)CC1. The number of nitrogens with zero attached hydrogens (tertiary/aromatic N) is 6. The molecule has 4 aromatic rings. The first-order chi connectivity index (χ1) is 21.4. The zero-order chi connectivity index (χ0) is 30.4. The number of carbonyl (C=O) groups is 2. The van der Waals surface area contributed by atoms with Crippen LogP contribution in [0, 0.1) is 5.82 Å². The van der Waals surface area contributed by atoms with Crippen LogP contribution in [0.15, 0.2) is 48.2 Å². The minimum Gasteiger partial charge on any atom is -0.368 e. The average Bonchev–Trinajstić information content (AvgIpc) is 3.82. The summed E-state index contributed by atoms with van der Waals surface area (Å²) in [7, 11) is 0. The first-order valence-corrected chi connectivity index (χ1v) is 16.3. The van der Waals surface area contributed by atoms with E-state index in [4.69, 9.17) is 11.6 Å². The monoisotopic (exact) mass is 633 g/mol. The van der Waals surface area contributed by atoms with Crippen molar-refractivity contribution in [1.29, 1.82) is 0 Å². The Morgan fingerprint density at radius 1 is 1.11 bits per heavy atom. The summed E-state index contributed by atoms with van der Waals surface area (Å²) in [4.78, 5) is 42.6. The molecule has 5 heterocycles. The lowest BCUT2D eigenvalue weighted by molar-refractivity contribution is -0.121. The van der Waals surface area contributed by atoms with Crippen molar-refractivity contribution in [2.75, 3.05) is 42.9 Å². The van der Waals surface area contributed by atoms with Crippen LogP contribution in [0.5, 0.6) is 0 Å². The van der Waals surface area contributed by atoms with E-state index in [1.165, 1.54) is 22.3 Å². The Bertz CT molecular complexity index is 1720. The van der Waals surface area contributed by atoms with Crippen molar-refractivity contribution in [3.63, 3.8) is 0 Å². The third-order valence-electron chi connectivity index (χ3n) is 8.82. The number of nitrogens with one attached hydrogen (secondary N) is 1. The lowest BCUT2D eigenvalue weighted by atomic mass is 9.99. The third-order valence-corrected chi connectivity index (χ3v) is 9.81. The van der Waals surface area contributed by atoms with Crippen LogP contribution in [0.4, 0.5) is 15.2 Å². The second-order valence-corrected chi connectivity index (χ2v) is 12.8. The summed E-state index contributed by atoms with van der Waals surface area (Å²) in [6, 6.07) is 7.88. The molecule has 3 aliphatic rings. The first-order valence-electron chi connectivity index (χ1n) is 15.1. The van der Waals surface area contributed by atoms with E-state index in [2.05, 4.69) is 32.0 Å². The number of piperazine rings is 1. The maximum absolute atomic E-state index is 15.7. The highest BCUT2D eigenvalue weighted by atomic mass is 35.5. The number of aromatic nitrogens is 3. The standard InChI is InChI=1S/C32H33ClFN7O2S/c1-2-8-38-10-12-39(13-11-38)26-6-5-20(16-24(26)33)21-15-22-23(25(34)17-21)18-41(31(22)43)29(30(42)37-32-35-7-14-44-32)28-27-4-3-9-40(27)19-36-28/h5-7,14-17,19,29H,2-4,8-13,18H2,1H3,(H,35,37,42). The highest BCUT2D eigenvalue weighted by molar-refractivity contribution is 7.13. The van der Waals surface area contributed by atoms with Gasteiger partial charge in [0.1, 0.15) is 5.82 Å². The van der Waals surface area contributed by atoms with E-state index >= 15 is 4.39 Å². The van der Waals surface area contributed by atoms with Gasteiger partial charge >= 0.3 is 0 Å². The molecule has 1 unspecified atom stereocenters. The Balaban J connectivity index is 1.17. The molecule has 1 saturated heterocycles. The van der Waals surface area contributed by atoms with Crippen LogP contribution in [-0.4, -0.2) is 68.9 Å². The smallest absolute Gasteiger partial charge is 0.255 e. The predicted molar refractivity (Wildman–Crippen MR) is 170 cm³/mol. The van der Waals surface area contributed by atoms with Crippen LogP contribution >= 0.6 is 22.9 Å². The first kappa shape index (κ1) is 28.9. The second-order valence-electron chi connectivity index (χ2n) is 11.5. The van der Waals surface area contributed by atoms with Gasteiger partial charge in [0.2, 0.25) is 0 Å². The number of rotatable bonds is 8. The fraction of sp³-hybridized carbons (Fsp3) is 0.375. The number of halogens is 2. The Hall–Kier alpha value is -3.80. The molecule has 9 nitrogen and oxygen atoms in total. The number of hydrogen-bond acceptors (Lipinski definition) is 7. The van der Waals surface area contributed by atoms with Crippen LogP contribution in [0.2, 0.25) is 5.02 Å². The van der Waals surface area contributed by atoms with Crippen LogP contribution in [-0.2, 0) is 24.3 Å². The van der Waals surface area contributed by atoms with Gasteiger partial charge in [0.15, 0.2) is 11.2 Å². The number of anilines is 2. The number of carbonyl (C=O) groups excluding carboxylic acids is 2. The van der Waals surface area contributed by atoms with Crippen molar-refractivity contribution in [3.05, 3.63) is 81.6 Å². The molecule has 228 valence electrons. The van der Waals surface area contributed by atoms with Crippen molar-refractivity contribution < 1.29 is 14.0 Å². The van der Waals surface area contributed by atoms with E-state index in [0.717, 1.165) is 75.5 Å². The molecule has 0 saturated carbocycles. The van der Waals surface area contributed by atoms with Gasteiger partial charge in [0.05, 0.1) is 29.3 Å². The summed E-state index contributed by atoms with van der Waals surface area (Å²) in [6.07, 6.45) is 6.15. The van der Waals surface area contributed by atoms with Crippen molar-refractivity contribution in [1.82, 2.24) is 24.3 Å². The summed E-state index contributed by atoms with van der Waals surface area (Å²) in [5.41, 5.74) is 4.21. The Labute approximate surface area is 264 Å². The van der Waals surface area contributed by atoms with Crippen molar-refractivity contribution in [2.24, 2.45) is 0 Å². The molecular weight excluding hydrogens is 601 g/mol. The van der Waals surface area contributed by atoms with Gasteiger partial charge in [0.25, 0.3) is 11.8 Å². The topological polar surface area (TPSA) is 86.6 Å². The van der Waals surface area contributed by atoms with Crippen LogP contribution in [0.25, 0.3) is 11.1 Å². The van der Waals surface area contributed by atoms with E-state index in [9.17, 15) is 9.59 Å². The largest absolute Gasteiger partial charge is 0.368 e. The van der Waals surface area contributed by atoms with E-state index in [-0.39, 0.29) is 17.7 Å². The molecule has 3 aliphatic heterocycles. The Morgan fingerprint density at radius 3 is 2.70 bits per heavy atom. The Morgan fingerprint density at radius 2 is 1.95 bits per heavy atom. The lowest BCUT2D eigenvalue weighted by Gasteiger charge is -2.36. The second kappa shape index (κ2) is 11.9. The average molecular weight is 634 g/mol. The van der Waals surface area contributed by atoms with Gasteiger partial charge in [-0.15, -0.1) is 11.3 Å². The predicted octanol–water partition coefficient (Wildman–Crippen LogP) is 5.61. The summed E-state index contributed by atoms with van der Waals surface area (Å²) < 4.78 is 17.7. The van der Waals surface area contributed by atoms with Gasteiger partial charge in [-0.05, 0) is 61.2 Å². The molecular formula is C32H33ClFN7O2S. The lowest BCUT2D eigenvalue weighted by Crippen LogP contribution is -2.46. The number of imidazole rings is 1. The number of benzene rings is 2. The fourth-order valence-electron chi connectivity index (χ4n) is 6.64. The molecule has 1 atom stereocenters. The normalized spacial score (nSPS) is 17.2. The highest BCUT2D eigenvalue weighted by Gasteiger charge is 2.42. The highest BCUT2D eigenvalue weighted by Crippen LogP contribution is 2.39. The minimum atomic E-state index is -1.03. The zero-order valence-corrected chi connectivity index (χ0v) is 26.0. The molecule has 0 radical (unpaired) electrons. The van der Waals surface area contributed by atoms with Crippen molar-refractivity contribution >= 4 is 45.6 Å². The molecule has 7 rings (SSSR count). The molecule has 2 amide bonds. The molecule has 12 heteroatoms. The van der Waals surface area contributed by atoms with Crippen LogP contribution in [0.3, 0.4) is 0 Å².